The molecule has 1 saturated heterocycles. The Hall–Kier alpha value is -1.43. The lowest BCUT2D eigenvalue weighted by molar-refractivity contribution is -0.134. The third-order valence-corrected chi connectivity index (χ3v) is 4.49. The summed E-state index contributed by atoms with van der Waals surface area (Å²) in [5.41, 5.74) is 6.99. The molecule has 5 heteroatoms. The third-order valence-electron chi connectivity index (χ3n) is 4.49. The van der Waals surface area contributed by atoms with Gasteiger partial charge >= 0.3 is 0 Å². The Labute approximate surface area is 145 Å². The number of ether oxygens (including phenoxy) is 1. The van der Waals surface area contributed by atoms with Crippen molar-refractivity contribution in [3.63, 3.8) is 0 Å². The molecule has 5 nitrogen and oxygen atoms in total. The van der Waals surface area contributed by atoms with E-state index in [1.54, 1.807) is 0 Å². The van der Waals surface area contributed by atoms with Gasteiger partial charge < -0.3 is 15.4 Å². The lowest BCUT2D eigenvalue weighted by Crippen LogP contribution is -2.48. The minimum atomic E-state index is 0.0575. The quantitative estimate of drug-likeness (QED) is 0.789. The zero-order valence-electron chi connectivity index (χ0n) is 15.0. The summed E-state index contributed by atoms with van der Waals surface area (Å²) in [5.74, 6) is 0.192. The van der Waals surface area contributed by atoms with Gasteiger partial charge in [0.2, 0.25) is 5.91 Å². The van der Waals surface area contributed by atoms with E-state index in [2.05, 4.69) is 24.0 Å². The molecule has 0 aromatic heterocycles. The fourth-order valence-corrected chi connectivity index (χ4v) is 3.02. The minimum Gasteiger partial charge on any atom is -0.379 e. The Kier molecular flexibility index (Phi) is 7.69. The molecule has 24 heavy (non-hydrogen) atoms. The van der Waals surface area contributed by atoms with Crippen molar-refractivity contribution in [2.75, 3.05) is 32.8 Å². The zero-order chi connectivity index (χ0) is 17.4. The van der Waals surface area contributed by atoms with Crippen LogP contribution in [-0.2, 0) is 16.1 Å². The smallest absolute Gasteiger partial charge is 0.223 e. The first kappa shape index (κ1) is 18.9. The number of amides is 1. The number of carbonyl (C=O) groups excluding carboxylic acids is 1. The van der Waals surface area contributed by atoms with Crippen LogP contribution in [0.25, 0.3) is 0 Å². The molecular formula is C19H31N3O2. The van der Waals surface area contributed by atoms with E-state index in [-0.39, 0.29) is 18.0 Å². The highest BCUT2D eigenvalue weighted by atomic mass is 16.5. The minimum absolute atomic E-state index is 0.0575. The fourth-order valence-electron chi connectivity index (χ4n) is 3.02. The van der Waals surface area contributed by atoms with E-state index in [1.165, 1.54) is 5.56 Å². The molecule has 0 aliphatic carbocycles. The van der Waals surface area contributed by atoms with E-state index in [0.29, 0.717) is 13.0 Å². The van der Waals surface area contributed by atoms with Gasteiger partial charge in [-0.25, -0.2) is 0 Å². The number of nitrogens with zero attached hydrogens (tertiary/aromatic N) is 2. The van der Waals surface area contributed by atoms with Crippen LogP contribution in [0.1, 0.15) is 32.3 Å². The molecular weight excluding hydrogens is 302 g/mol. The van der Waals surface area contributed by atoms with E-state index in [4.69, 9.17) is 10.5 Å². The maximum atomic E-state index is 12.8. The summed E-state index contributed by atoms with van der Waals surface area (Å²) in [6.45, 7) is 9.08. The van der Waals surface area contributed by atoms with Crippen LogP contribution in [0.4, 0.5) is 0 Å². The topological polar surface area (TPSA) is 58.8 Å². The predicted molar refractivity (Wildman–Crippen MR) is 96.6 cm³/mol. The van der Waals surface area contributed by atoms with Gasteiger partial charge in [-0.1, -0.05) is 30.3 Å². The van der Waals surface area contributed by atoms with Gasteiger partial charge in [0.25, 0.3) is 0 Å². The summed E-state index contributed by atoms with van der Waals surface area (Å²) in [6.07, 6.45) is 1.24. The van der Waals surface area contributed by atoms with Gasteiger partial charge in [-0.2, -0.15) is 0 Å². The number of rotatable bonds is 8. The van der Waals surface area contributed by atoms with Crippen molar-refractivity contribution in [3.8, 4) is 0 Å². The van der Waals surface area contributed by atoms with E-state index >= 15 is 0 Å². The van der Waals surface area contributed by atoms with Crippen LogP contribution in [0.3, 0.4) is 0 Å². The summed E-state index contributed by atoms with van der Waals surface area (Å²) >= 11 is 0. The lowest BCUT2D eigenvalue weighted by atomic mass is 10.1. The Morgan fingerprint density at radius 1 is 1.25 bits per heavy atom. The number of morpholine rings is 1. The van der Waals surface area contributed by atoms with Gasteiger partial charge in [0.05, 0.1) is 13.2 Å². The largest absolute Gasteiger partial charge is 0.379 e. The summed E-state index contributed by atoms with van der Waals surface area (Å²) < 4.78 is 5.41. The van der Waals surface area contributed by atoms with Crippen molar-refractivity contribution in [3.05, 3.63) is 35.9 Å². The molecule has 1 amide bonds. The zero-order valence-corrected chi connectivity index (χ0v) is 15.0. The standard InChI is InChI=1S/C19H31N3O2/c1-16(20)8-9-19(23)22(15-18-6-4-3-5-7-18)17(2)14-21-10-12-24-13-11-21/h3-7,16-17H,8-15,20H2,1-2H3. The van der Waals surface area contributed by atoms with Crippen LogP contribution >= 0.6 is 0 Å². The molecule has 1 aromatic carbocycles. The van der Waals surface area contributed by atoms with Crippen molar-refractivity contribution >= 4 is 5.91 Å². The molecule has 2 rings (SSSR count). The highest BCUT2D eigenvalue weighted by Crippen LogP contribution is 2.13. The first-order chi connectivity index (χ1) is 11.6. The Balaban J connectivity index is 2.00. The van der Waals surface area contributed by atoms with Gasteiger partial charge in [0, 0.05) is 44.7 Å². The number of hydrogen-bond donors (Lipinski definition) is 1. The number of hydrogen-bond acceptors (Lipinski definition) is 4. The molecule has 2 N–H and O–H groups in total. The van der Waals surface area contributed by atoms with E-state index in [0.717, 1.165) is 39.3 Å². The molecule has 1 fully saturated rings. The van der Waals surface area contributed by atoms with Gasteiger partial charge in [-0.05, 0) is 25.8 Å². The lowest BCUT2D eigenvalue weighted by Gasteiger charge is -2.35. The summed E-state index contributed by atoms with van der Waals surface area (Å²) in [5, 5.41) is 0. The second kappa shape index (κ2) is 9.77. The van der Waals surface area contributed by atoms with Crippen LogP contribution in [0, 0.1) is 0 Å². The first-order valence-electron chi connectivity index (χ1n) is 8.95. The van der Waals surface area contributed by atoms with E-state index in [1.807, 2.05) is 30.0 Å². The van der Waals surface area contributed by atoms with Crippen LogP contribution in [0.2, 0.25) is 0 Å². The van der Waals surface area contributed by atoms with Crippen LogP contribution in [-0.4, -0.2) is 60.6 Å². The normalized spacial score (nSPS) is 18.1. The van der Waals surface area contributed by atoms with Crippen molar-refractivity contribution in [1.82, 2.24) is 9.80 Å². The maximum absolute atomic E-state index is 12.8. The third kappa shape index (κ3) is 6.23. The average molecular weight is 333 g/mol. The molecule has 0 saturated carbocycles. The molecule has 1 aromatic rings. The molecule has 0 radical (unpaired) electrons. The number of nitrogens with two attached hydrogens (primary N) is 1. The van der Waals surface area contributed by atoms with E-state index in [9.17, 15) is 4.79 Å². The second-order valence-corrected chi connectivity index (χ2v) is 6.79. The van der Waals surface area contributed by atoms with Crippen molar-refractivity contribution in [2.24, 2.45) is 5.73 Å². The maximum Gasteiger partial charge on any atom is 0.223 e. The van der Waals surface area contributed by atoms with E-state index < -0.39 is 0 Å². The number of benzene rings is 1. The molecule has 2 unspecified atom stereocenters. The molecule has 1 heterocycles. The van der Waals surface area contributed by atoms with Gasteiger partial charge in [0.1, 0.15) is 0 Å². The SMILES string of the molecule is CC(N)CCC(=O)N(Cc1ccccc1)C(C)CN1CCOCC1. The van der Waals surface area contributed by atoms with Crippen molar-refractivity contribution in [2.45, 2.75) is 45.3 Å². The van der Waals surface area contributed by atoms with Gasteiger partial charge in [-0.3, -0.25) is 9.69 Å². The number of carbonyl (C=O) groups is 1. The van der Waals surface area contributed by atoms with Crippen LogP contribution in [0.15, 0.2) is 30.3 Å². The molecule has 0 spiro atoms. The monoisotopic (exact) mass is 333 g/mol. The highest BCUT2D eigenvalue weighted by Gasteiger charge is 2.23. The molecule has 134 valence electrons. The summed E-state index contributed by atoms with van der Waals surface area (Å²) in [7, 11) is 0. The van der Waals surface area contributed by atoms with Gasteiger partial charge in [0.15, 0.2) is 0 Å². The van der Waals surface area contributed by atoms with Gasteiger partial charge in [-0.15, -0.1) is 0 Å². The molecule has 1 aliphatic rings. The van der Waals surface area contributed by atoms with Crippen molar-refractivity contribution < 1.29 is 9.53 Å². The Bertz CT molecular complexity index is 487. The average Bonchev–Trinajstić information content (AvgIpc) is 2.59. The fraction of sp³-hybridized carbons (Fsp3) is 0.632. The molecule has 0 bridgehead atoms. The highest BCUT2D eigenvalue weighted by molar-refractivity contribution is 5.76. The summed E-state index contributed by atoms with van der Waals surface area (Å²) in [4.78, 5) is 17.1. The first-order valence-corrected chi connectivity index (χ1v) is 8.95. The van der Waals surface area contributed by atoms with Crippen molar-refractivity contribution in [1.29, 1.82) is 0 Å². The molecule has 2 atom stereocenters. The Morgan fingerprint density at radius 2 is 1.92 bits per heavy atom. The Morgan fingerprint density at radius 3 is 2.54 bits per heavy atom. The predicted octanol–water partition coefficient (Wildman–Crippen LogP) is 1.86. The second-order valence-electron chi connectivity index (χ2n) is 6.79. The van der Waals surface area contributed by atoms with Crippen LogP contribution in [0.5, 0.6) is 0 Å². The molecule has 1 aliphatic heterocycles. The summed E-state index contributed by atoms with van der Waals surface area (Å²) in [6, 6.07) is 10.4. The van der Waals surface area contributed by atoms with Crippen LogP contribution < -0.4 is 5.73 Å².